The van der Waals surface area contributed by atoms with Gasteiger partial charge in [-0.05, 0) is 18.6 Å². The highest BCUT2D eigenvalue weighted by Gasteiger charge is 2.26. The smallest absolute Gasteiger partial charge is 0.370 e. The van der Waals surface area contributed by atoms with Crippen LogP contribution in [-0.2, 0) is 0 Å². The highest BCUT2D eigenvalue weighted by molar-refractivity contribution is 7.99. The Morgan fingerprint density at radius 1 is 1.48 bits per heavy atom. The van der Waals surface area contributed by atoms with Crippen molar-refractivity contribution in [2.75, 3.05) is 17.6 Å². The normalized spacial score (nSPS) is 12.0. The van der Waals surface area contributed by atoms with Gasteiger partial charge in [-0.15, -0.1) is 11.8 Å². The van der Waals surface area contributed by atoms with E-state index in [2.05, 4.69) is 15.3 Å². The number of nitrogens with one attached hydrogen (secondary N) is 1. The van der Waals surface area contributed by atoms with Crippen LogP contribution in [0.5, 0.6) is 0 Å². The largest absolute Gasteiger partial charge is 0.408 e. The second-order valence-corrected chi connectivity index (χ2v) is 5.03. The molecule has 3 N–H and O–H groups in total. The predicted molar refractivity (Wildman–Crippen MR) is 76.0 cm³/mol. The molecule has 0 aromatic carbocycles. The number of halogens is 3. The fraction of sp³-hybridized carbons (Fsp3) is 0.417. The molecule has 0 saturated carbocycles. The molecule has 1 rings (SSSR count). The summed E-state index contributed by atoms with van der Waals surface area (Å²) < 4.78 is 36.0. The summed E-state index contributed by atoms with van der Waals surface area (Å²) in [5.74, 6) is 0.719. The number of thioether (sulfide) groups is 1. The average Bonchev–Trinajstić information content (AvgIpc) is 2.41. The fourth-order valence-electron chi connectivity index (χ4n) is 1.24. The summed E-state index contributed by atoms with van der Waals surface area (Å²) in [6.45, 7) is -1.34. The lowest BCUT2D eigenvalue weighted by Crippen LogP contribution is -2.26. The molecule has 0 radical (unpaired) electrons. The zero-order valence-corrected chi connectivity index (χ0v) is 11.8. The third kappa shape index (κ3) is 8.04. The molecule has 0 spiro atoms. The van der Waals surface area contributed by atoms with Gasteiger partial charge in [0.1, 0.15) is 12.4 Å². The van der Waals surface area contributed by atoms with Crippen LogP contribution in [0.2, 0.25) is 0 Å². The first-order valence-corrected chi connectivity index (χ1v) is 7.00. The van der Waals surface area contributed by atoms with Crippen molar-refractivity contribution in [3.63, 3.8) is 0 Å². The van der Waals surface area contributed by atoms with Gasteiger partial charge in [-0.3, -0.25) is 0 Å². The van der Waals surface area contributed by atoms with Crippen molar-refractivity contribution < 1.29 is 13.2 Å². The van der Waals surface area contributed by atoms with Crippen molar-refractivity contribution in [1.82, 2.24) is 4.98 Å². The maximum atomic E-state index is 12.0. The van der Waals surface area contributed by atoms with Gasteiger partial charge in [0.05, 0.1) is 11.1 Å². The summed E-state index contributed by atoms with van der Waals surface area (Å²) in [6.07, 6.45) is -3.17. The minimum Gasteiger partial charge on any atom is -0.370 e. The molecule has 21 heavy (non-hydrogen) atoms. The number of nitrogens with two attached hydrogens (primary N) is 1. The van der Waals surface area contributed by atoms with E-state index in [0.29, 0.717) is 17.3 Å². The van der Waals surface area contributed by atoms with Crippen LogP contribution in [-0.4, -0.2) is 29.4 Å². The van der Waals surface area contributed by atoms with Gasteiger partial charge in [-0.25, -0.2) is 9.98 Å². The molecule has 1 aromatic rings. The summed E-state index contributed by atoms with van der Waals surface area (Å²) in [5.41, 5.74) is 5.36. The molecule has 0 unspecified atom stereocenters. The lowest BCUT2D eigenvalue weighted by atomic mass is 10.4. The van der Waals surface area contributed by atoms with E-state index in [0.717, 1.165) is 12.2 Å². The van der Waals surface area contributed by atoms with Crippen molar-refractivity contribution >= 4 is 23.5 Å². The van der Waals surface area contributed by atoms with Gasteiger partial charge in [0.2, 0.25) is 0 Å². The van der Waals surface area contributed by atoms with Gasteiger partial charge in [0, 0.05) is 12.2 Å². The van der Waals surface area contributed by atoms with E-state index < -0.39 is 12.7 Å². The van der Waals surface area contributed by atoms with Crippen LogP contribution in [0.3, 0.4) is 0 Å². The molecule has 1 aromatic heterocycles. The third-order valence-electron chi connectivity index (χ3n) is 2.09. The Morgan fingerprint density at radius 3 is 2.90 bits per heavy atom. The first kappa shape index (κ1) is 17.1. The van der Waals surface area contributed by atoms with E-state index in [1.165, 1.54) is 11.8 Å². The second kappa shape index (κ2) is 8.36. The number of unbranched alkanes of at least 4 members (excludes halogenated alkanes) is 1. The molecule has 1 heterocycles. The maximum absolute atomic E-state index is 12.0. The van der Waals surface area contributed by atoms with Crippen molar-refractivity contribution in [3.8, 4) is 6.07 Å². The summed E-state index contributed by atoms with van der Waals surface area (Å²) in [7, 11) is 0. The molecule has 0 fully saturated rings. The first-order chi connectivity index (χ1) is 9.90. The van der Waals surface area contributed by atoms with Crippen molar-refractivity contribution in [2.24, 2.45) is 10.7 Å². The van der Waals surface area contributed by atoms with Crippen molar-refractivity contribution in [1.29, 1.82) is 5.26 Å². The number of anilines is 1. The first-order valence-electron chi connectivity index (χ1n) is 6.01. The standard InChI is InChI=1S/C12H14F3N5S/c13-12(14,15)8-18-11(17)20-9-4-3-5-10(19-9)21-7-2-1-6-16/h3-5H,1-2,7-8H2,(H3,17,18,19,20). The molecule has 114 valence electrons. The molecule has 9 heteroatoms. The Balaban J connectivity index is 2.54. The number of nitriles is 1. The molecule has 0 amide bonds. The molecule has 0 atom stereocenters. The number of guanidine groups is 1. The van der Waals surface area contributed by atoms with Crippen molar-refractivity contribution in [2.45, 2.75) is 24.0 Å². The fourth-order valence-corrected chi connectivity index (χ4v) is 2.07. The molecule has 0 aliphatic heterocycles. The van der Waals surface area contributed by atoms with Gasteiger partial charge in [-0.1, -0.05) is 6.07 Å². The number of nitrogens with zero attached hydrogens (tertiary/aromatic N) is 3. The van der Waals surface area contributed by atoms with Crippen LogP contribution in [0.4, 0.5) is 19.0 Å². The van der Waals surface area contributed by atoms with Crippen LogP contribution in [0.25, 0.3) is 0 Å². The number of alkyl halides is 3. The van der Waals surface area contributed by atoms with Gasteiger partial charge < -0.3 is 11.1 Å². The van der Waals surface area contributed by atoms with E-state index in [9.17, 15) is 13.2 Å². The van der Waals surface area contributed by atoms with E-state index in [4.69, 9.17) is 11.0 Å². The lowest BCUT2D eigenvalue weighted by Gasteiger charge is -2.07. The summed E-state index contributed by atoms with van der Waals surface area (Å²) in [5, 5.41) is 11.6. The monoisotopic (exact) mass is 317 g/mol. The van der Waals surface area contributed by atoms with Crippen LogP contribution in [0.15, 0.2) is 28.2 Å². The van der Waals surface area contributed by atoms with Crippen LogP contribution in [0, 0.1) is 11.3 Å². The quantitative estimate of drug-likeness (QED) is 0.364. The number of hydrogen-bond acceptors (Lipinski definition) is 4. The molecule has 5 nitrogen and oxygen atoms in total. The van der Waals surface area contributed by atoms with Gasteiger partial charge in [0.15, 0.2) is 5.96 Å². The second-order valence-electron chi connectivity index (χ2n) is 3.91. The Kier molecular flexibility index (Phi) is 6.81. The number of aromatic nitrogens is 1. The highest BCUT2D eigenvalue weighted by atomic mass is 32.2. The molecular weight excluding hydrogens is 303 g/mol. The van der Waals surface area contributed by atoms with Crippen LogP contribution < -0.4 is 11.1 Å². The van der Waals surface area contributed by atoms with Gasteiger partial charge in [0.25, 0.3) is 0 Å². The summed E-state index contributed by atoms with van der Waals surface area (Å²) >= 11 is 1.46. The zero-order chi connectivity index (χ0) is 15.7. The number of aliphatic imine (C=N–C) groups is 1. The van der Waals surface area contributed by atoms with Crippen LogP contribution in [0.1, 0.15) is 12.8 Å². The average molecular weight is 317 g/mol. The number of rotatable bonds is 6. The predicted octanol–water partition coefficient (Wildman–Crippen LogP) is 2.77. The molecule has 0 aliphatic rings. The Hall–Kier alpha value is -1.95. The lowest BCUT2D eigenvalue weighted by molar-refractivity contribution is -0.118. The van der Waals surface area contributed by atoms with E-state index >= 15 is 0 Å². The summed E-state index contributed by atoms with van der Waals surface area (Å²) in [6, 6.07) is 7.10. The number of hydrogen-bond donors (Lipinski definition) is 2. The molecular formula is C12H14F3N5S. The van der Waals surface area contributed by atoms with E-state index in [-0.39, 0.29) is 5.96 Å². The summed E-state index contributed by atoms with van der Waals surface area (Å²) in [4.78, 5) is 7.36. The highest BCUT2D eigenvalue weighted by Crippen LogP contribution is 2.19. The minimum atomic E-state index is -4.39. The molecule has 0 saturated heterocycles. The molecule has 0 aliphatic carbocycles. The zero-order valence-electron chi connectivity index (χ0n) is 11.0. The van der Waals surface area contributed by atoms with Crippen molar-refractivity contribution in [3.05, 3.63) is 18.2 Å². The van der Waals surface area contributed by atoms with Gasteiger partial charge >= 0.3 is 6.18 Å². The van der Waals surface area contributed by atoms with Gasteiger partial charge in [-0.2, -0.15) is 18.4 Å². The Bertz CT molecular complexity index is 524. The minimum absolute atomic E-state index is 0.323. The molecule has 0 bridgehead atoms. The maximum Gasteiger partial charge on any atom is 0.408 e. The number of pyridine rings is 1. The van der Waals surface area contributed by atoms with E-state index in [1.54, 1.807) is 18.2 Å². The third-order valence-corrected chi connectivity index (χ3v) is 3.11. The van der Waals surface area contributed by atoms with E-state index in [1.807, 2.05) is 6.07 Å². The Labute approximate surface area is 124 Å². The van der Waals surface area contributed by atoms with Crippen LogP contribution >= 0.6 is 11.8 Å². The Morgan fingerprint density at radius 2 is 2.24 bits per heavy atom. The SMILES string of the molecule is N#CCCCSc1cccc(NC(N)=NCC(F)(F)F)n1. The topological polar surface area (TPSA) is 87.1 Å².